The number of aryl methyl sites for hydroxylation is 4. The van der Waals surface area contributed by atoms with Crippen molar-refractivity contribution < 1.29 is 52.7 Å². The minimum Gasteiger partial charge on any atom is -0.378 e. The number of anilines is 2. The van der Waals surface area contributed by atoms with Crippen LogP contribution in [0.5, 0.6) is 0 Å². The molecule has 4 heterocycles. The summed E-state index contributed by atoms with van der Waals surface area (Å²) in [5.74, 6) is -20.2. The molecule has 18 heteroatoms. The number of nitrogens with zero attached hydrogens (tertiary/aromatic N) is 2. The molecule has 10 rings (SSSR count). The monoisotopic (exact) mass is 1170 g/mol. The summed E-state index contributed by atoms with van der Waals surface area (Å²) in [6, 6.07) is 37.2. The van der Waals surface area contributed by atoms with E-state index in [1.165, 1.54) is 52.0 Å². The average molecular weight is 1180 g/mol. The van der Waals surface area contributed by atoms with Crippen LogP contribution in [-0.2, 0) is 0 Å². The molecular formula is C62H46F12N2S4. The van der Waals surface area contributed by atoms with Crippen molar-refractivity contribution in [1.82, 2.24) is 0 Å². The summed E-state index contributed by atoms with van der Waals surface area (Å²) in [6.07, 6.45) is 0. The van der Waals surface area contributed by atoms with E-state index in [1.54, 1.807) is 72.8 Å². The third-order valence-electron chi connectivity index (χ3n) is 13.6. The number of thiophene rings is 4. The highest BCUT2D eigenvalue weighted by Crippen LogP contribution is 2.67. The molecule has 0 saturated carbocycles. The van der Waals surface area contributed by atoms with E-state index in [4.69, 9.17) is 0 Å². The molecule has 0 bridgehead atoms. The van der Waals surface area contributed by atoms with Gasteiger partial charge in [-0.05, 0) is 134 Å². The Balaban J connectivity index is 0.000000194. The number of alkyl halides is 12. The Bertz CT molecular complexity index is 3580. The van der Waals surface area contributed by atoms with Crippen molar-refractivity contribution in [3.05, 3.63) is 196 Å². The van der Waals surface area contributed by atoms with Gasteiger partial charge in [0.1, 0.15) is 0 Å². The standard InChI is InChI=1S/2C31H23F6NS2/c2*1-18-24(16-23(39-18)15-10-20-8-6-5-7-9-20)27-28(30(34,35)31(36,37)29(27,32)33)25-17-26(40-19(25)2)21-11-13-22(14-12-21)38(3)4/h2*5-9,11-14,16-17H,1-4H3. The zero-order chi connectivity index (χ0) is 58.1. The Morgan fingerprint density at radius 1 is 0.338 bits per heavy atom. The van der Waals surface area contributed by atoms with Gasteiger partial charge in [0, 0.05) is 102 Å². The van der Waals surface area contributed by atoms with Crippen LogP contribution in [0.3, 0.4) is 0 Å². The molecule has 0 radical (unpaired) electrons. The van der Waals surface area contributed by atoms with E-state index in [1.807, 2.05) is 74.4 Å². The van der Waals surface area contributed by atoms with Crippen molar-refractivity contribution in [2.24, 2.45) is 0 Å². The molecule has 2 aliphatic carbocycles. The zero-order valence-corrected chi connectivity index (χ0v) is 47.0. The first kappa shape index (κ1) is 57.7. The smallest absolute Gasteiger partial charge is 0.378 e. The number of hydrogen-bond donors (Lipinski definition) is 0. The Kier molecular flexibility index (Phi) is 15.3. The molecule has 2 aliphatic rings. The Hall–Kier alpha value is -6.96. The molecule has 8 aromatic rings. The van der Waals surface area contributed by atoms with Gasteiger partial charge < -0.3 is 9.80 Å². The molecule has 0 fully saturated rings. The van der Waals surface area contributed by atoms with Crippen molar-refractivity contribution in [2.75, 3.05) is 38.0 Å². The number of hydrogen-bond acceptors (Lipinski definition) is 6. The molecular weight excluding hydrogens is 1130 g/mol. The number of halogens is 12. The molecule has 0 atom stereocenters. The van der Waals surface area contributed by atoms with E-state index in [-0.39, 0.29) is 41.8 Å². The summed E-state index contributed by atoms with van der Waals surface area (Å²) >= 11 is 4.18. The Morgan fingerprint density at radius 2 is 0.613 bits per heavy atom. The first-order chi connectivity index (χ1) is 37.5. The molecule has 0 aliphatic heterocycles. The lowest BCUT2D eigenvalue weighted by Gasteiger charge is -2.25. The van der Waals surface area contributed by atoms with E-state index in [2.05, 4.69) is 23.7 Å². The number of benzene rings is 4. The SMILES string of the molecule is Cc1sc(C#Cc2ccccc2)cc1C1=C(c2cc(-c3ccc(N(C)C)cc3)sc2C)C(F)(F)C(F)(F)C1(F)F.Cc1sc(C#Cc2ccccc2)cc1C1=C(c2cc(-c3ccc(N(C)C)cc3)sc2C)C(F)(F)C(F)(F)C1(F)F. The normalized spacial score (nSPS) is 17.1. The lowest BCUT2D eigenvalue weighted by atomic mass is 9.95. The van der Waals surface area contributed by atoms with Crippen LogP contribution in [0, 0.1) is 51.4 Å². The minimum atomic E-state index is -5.61. The predicted octanol–water partition coefficient (Wildman–Crippen LogP) is 18.8. The molecule has 0 unspecified atom stereocenters. The average Bonchev–Trinajstić information content (AvgIpc) is 4.29. The fourth-order valence-electron chi connectivity index (χ4n) is 9.35. The van der Waals surface area contributed by atoms with Gasteiger partial charge in [0.25, 0.3) is 0 Å². The number of rotatable bonds is 8. The van der Waals surface area contributed by atoms with Crippen molar-refractivity contribution in [2.45, 2.75) is 63.2 Å². The summed E-state index contributed by atoms with van der Waals surface area (Å²) in [7, 11) is 7.46. The molecule has 0 amide bonds. The van der Waals surface area contributed by atoms with E-state index < -0.39 is 57.8 Å². The van der Waals surface area contributed by atoms with Crippen molar-refractivity contribution >= 4 is 79.0 Å². The van der Waals surface area contributed by atoms with Gasteiger partial charge in [0.15, 0.2) is 0 Å². The molecule has 80 heavy (non-hydrogen) atoms. The minimum absolute atomic E-state index is 0.199. The highest BCUT2D eigenvalue weighted by molar-refractivity contribution is 7.16. The summed E-state index contributed by atoms with van der Waals surface area (Å²) in [4.78, 5) is 6.28. The molecule has 0 saturated heterocycles. The maximum Gasteiger partial charge on any atom is 0.380 e. The van der Waals surface area contributed by atoms with Gasteiger partial charge in [-0.2, -0.15) is 52.7 Å². The van der Waals surface area contributed by atoms with Crippen LogP contribution >= 0.6 is 45.3 Å². The van der Waals surface area contributed by atoms with Crippen LogP contribution in [0.2, 0.25) is 0 Å². The van der Waals surface area contributed by atoms with Gasteiger partial charge in [-0.25, -0.2) is 0 Å². The lowest BCUT2D eigenvalue weighted by molar-refractivity contribution is -0.254. The van der Waals surface area contributed by atoms with Gasteiger partial charge in [0.2, 0.25) is 0 Å². The van der Waals surface area contributed by atoms with E-state index in [0.717, 1.165) is 56.7 Å². The second-order valence-electron chi connectivity index (χ2n) is 19.4. The highest BCUT2D eigenvalue weighted by Gasteiger charge is 2.81. The van der Waals surface area contributed by atoms with Crippen molar-refractivity contribution in [3.63, 3.8) is 0 Å². The summed E-state index contributed by atoms with van der Waals surface area (Å²) in [6.45, 7) is 5.84. The lowest BCUT2D eigenvalue weighted by Crippen LogP contribution is -2.48. The first-order valence-electron chi connectivity index (χ1n) is 24.4. The van der Waals surface area contributed by atoms with E-state index >= 15 is 35.1 Å². The fraction of sp³-hybridized carbons (Fsp3) is 0.226. The van der Waals surface area contributed by atoms with Gasteiger partial charge in [0.05, 0.1) is 9.75 Å². The van der Waals surface area contributed by atoms with Gasteiger partial charge >= 0.3 is 35.5 Å². The second-order valence-corrected chi connectivity index (χ2v) is 24.4. The van der Waals surface area contributed by atoms with Crippen LogP contribution in [0.1, 0.15) is 62.6 Å². The van der Waals surface area contributed by atoms with Crippen molar-refractivity contribution in [1.29, 1.82) is 0 Å². The summed E-state index contributed by atoms with van der Waals surface area (Å²) in [5, 5.41) is 0. The maximum atomic E-state index is 15.4. The van der Waals surface area contributed by atoms with Gasteiger partial charge in [-0.15, -0.1) is 45.3 Å². The number of allylic oxidation sites excluding steroid dienone is 4. The molecule has 2 nitrogen and oxygen atoms in total. The summed E-state index contributed by atoms with van der Waals surface area (Å²) < 4.78 is 183. The maximum absolute atomic E-state index is 15.4. The second kappa shape index (κ2) is 21.2. The van der Waals surface area contributed by atoms with E-state index in [9.17, 15) is 17.6 Å². The van der Waals surface area contributed by atoms with E-state index in [0.29, 0.717) is 41.8 Å². The van der Waals surface area contributed by atoms with Crippen LogP contribution in [0.4, 0.5) is 64.1 Å². The largest absolute Gasteiger partial charge is 0.380 e. The topological polar surface area (TPSA) is 6.48 Å². The third kappa shape index (κ3) is 9.96. The Morgan fingerprint density at radius 3 is 0.900 bits per heavy atom. The van der Waals surface area contributed by atoms with Crippen molar-refractivity contribution in [3.8, 4) is 44.6 Å². The predicted molar refractivity (Wildman–Crippen MR) is 304 cm³/mol. The molecule has 0 N–H and O–H groups in total. The zero-order valence-electron chi connectivity index (χ0n) is 43.8. The van der Waals surface area contributed by atoms with Gasteiger partial charge in [-0.3, -0.25) is 0 Å². The molecule has 4 aromatic heterocycles. The van der Waals surface area contributed by atoms with Gasteiger partial charge in [-0.1, -0.05) is 84.3 Å². The third-order valence-corrected chi connectivity index (χ3v) is 17.8. The van der Waals surface area contributed by atoms with Crippen LogP contribution in [0.15, 0.2) is 133 Å². The molecule has 412 valence electrons. The quantitative estimate of drug-likeness (QED) is 0.111. The first-order valence-corrected chi connectivity index (χ1v) is 27.7. The molecule has 0 spiro atoms. The summed E-state index contributed by atoms with van der Waals surface area (Å²) in [5.41, 5.74) is -2.21. The molecule has 4 aromatic carbocycles. The van der Waals surface area contributed by atoms with Crippen LogP contribution in [-0.4, -0.2) is 63.7 Å². The highest BCUT2D eigenvalue weighted by atomic mass is 32.1. The fourth-order valence-corrected chi connectivity index (χ4v) is 13.2. The van der Waals surface area contributed by atoms with Crippen LogP contribution in [0.25, 0.3) is 43.2 Å². The van der Waals surface area contributed by atoms with Crippen LogP contribution < -0.4 is 9.80 Å². The Labute approximate surface area is 471 Å².